The molecule has 0 saturated carbocycles. The first-order valence-electron chi connectivity index (χ1n) is 7.18. The summed E-state index contributed by atoms with van der Waals surface area (Å²) >= 11 is 0. The summed E-state index contributed by atoms with van der Waals surface area (Å²) in [4.78, 5) is 36.6. The number of nitriles is 1. The van der Waals surface area contributed by atoms with E-state index in [1.165, 1.54) is 0 Å². The maximum Gasteiger partial charge on any atom is 0.408 e. The van der Waals surface area contributed by atoms with E-state index in [1.54, 1.807) is 31.7 Å². The van der Waals surface area contributed by atoms with Crippen LogP contribution in [-0.2, 0) is 14.3 Å². The second-order valence-electron chi connectivity index (χ2n) is 6.41. The van der Waals surface area contributed by atoms with Gasteiger partial charge in [0.15, 0.2) is 5.54 Å². The number of nitrogens with zero attached hydrogens (tertiary/aromatic N) is 2. The van der Waals surface area contributed by atoms with Crippen LogP contribution in [0.1, 0.15) is 27.2 Å². The molecule has 1 rings (SSSR count). The molecule has 0 spiro atoms. The van der Waals surface area contributed by atoms with E-state index in [0.29, 0.717) is 6.54 Å². The Hall–Kier alpha value is -2.34. The number of carboxylic acids is 1. The van der Waals surface area contributed by atoms with E-state index in [4.69, 9.17) is 10.00 Å². The van der Waals surface area contributed by atoms with Crippen LogP contribution in [0, 0.1) is 11.3 Å². The van der Waals surface area contributed by atoms with Gasteiger partial charge in [0.1, 0.15) is 12.1 Å². The maximum atomic E-state index is 11.9. The number of hydrogen-bond acceptors (Lipinski definition) is 6. The van der Waals surface area contributed by atoms with Crippen LogP contribution in [0.5, 0.6) is 0 Å². The Kier molecular flexibility index (Phi) is 5.92. The molecule has 0 bridgehead atoms. The van der Waals surface area contributed by atoms with Gasteiger partial charge in [-0.25, -0.2) is 9.59 Å². The number of rotatable bonds is 5. The van der Waals surface area contributed by atoms with E-state index in [2.05, 4.69) is 10.6 Å². The fourth-order valence-electron chi connectivity index (χ4n) is 2.25. The van der Waals surface area contributed by atoms with Crippen LogP contribution in [0.25, 0.3) is 0 Å². The normalized spacial score (nSPS) is 21.3. The van der Waals surface area contributed by atoms with Crippen LogP contribution in [0.2, 0.25) is 0 Å². The van der Waals surface area contributed by atoms with Crippen LogP contribution in [0.15, 0.2) is 0 Å². The zero-order chi connectivity index (χ0) is 17.7. The predicted octanol–water partition coefficient (Wildman–Crippen LogP) is -0.320. The van der Waals surface area contributed by atoms with Gasteiger partial charge in [0.2, 0.25) is 5.91 Å². The topological polar surface area (TPSA) is 132 Å². The summed E-state index contributed by atoms with van der Waals surface area (Å²) in [5, 5.41) is 22.7. The van der Waals surface area contributed by atoms with E-state index in [-0.39, 0.29) is 32.0 Å². The molecule has 1 aliphatic rings. The van der Waals surface area contributed by atoms with Crippen LogP contribution in [0.3, 0.4) is 0 Å². The molecular formula is C14H22N4O5. The summed E-state index contributed by atoms with van der Waals surface area (Å²) in [6.45, 7) is 5.23. The van der Waals surface area contributed by atoms with Gasteiger partial charge in [-0.2, -0.15) is 5.26 Å². The smallest absolute Gasteiger partial charge is 0.408 e. The Labute approximate surface area is 134 Å². The van der Waals surface area contributed by atoms with E-state index in [1.807, 2.05) is 0 Å². The Morgan fingerprint density at radius 3 is 2.57 bits per heavy atom. The lowest BCUT2D eigenvalue weighted by molar-refractivity contribution is -0.144. The van der Waals surface area contributed by atoms with E-state index < -0.39 is 23.2 Å². The Bertz CT molecular complexity index is 522. The Balaban J connectivity index is 2.67. The van der Waals surface area contributed by atoms with Gasteiger partial charge in [-0.05, 0) is 27.2 Å². The first-order chi connectivity index (χ1) is 10.6. The number of carboxylic acid groups (broad SMARTS) is 1. The second-order valence-corrected chi connectivity index (χ2v) is 6.41. The molecule has 9 nitrogen and oxygen atoms in total. The number of ether oxygens (including phenoxy) is 1. The molecule has 1 atom stereocenters. The third-order valence-electron chi connectivity index (χ3n) is 3.23. The highest BCUT2D eigenvalue weighted by Gasteiger charge is 2.47. The summed E-state index contributed by atoms with van der Waals surface area (Å²) < 4.78 is 5.10. The first kappa shape index (κ1) is 18.7. The van der Waals surface area contributed by atoms with Crippen molar-refractivity contribution < 1.29 is 24.2 Å². The molecule has 1 fully saturated rings. The van der Waals surface area contributed by atoms with Crippen molar-refractivity contribution in [3.63, 3.8) is 0 Å². The first-order valence-corrected chi connectivity index (χ1v) is 7.18. The van der Waals surface area contributed by atoms with Gasteiger partial charge < -0.3 is 20.5 Å². The fourth-order valence-corrected chi connectivity index (χ4v) is 2.25. The van der Waals surface area contributed by atoms with Gasteiger partial charge >= 0.3 is 12.1 Å². The van der Waals surface area contributed by atoms with Crippen LogP contribution in [-0.4, -0.2) is 65.3 Å². The minimum atomic E-state index is -1.49. The van der Waals surface area contributed by atoms with Gasteiger partial charge in [-0.15, -0.1) is 0 Å². The highest BCUT2D eigenvalue weighted by atomic mass is 16.6. The third kappa shape index (κ3) is 5.75. The second kappa shape index (κ2) is 7.28. The molecule has 128 valence electrons. The number of nitrogens with one attached hydrogen (secondary N) is 2. The van der Waals surface area contributed by atoms with Crippen molar-refractivity contribution in [1.82, 2.24) is 15.5 Å². The lowest BCUT2D eigenvalue weighted by Gasteiger charge is -2.28. The van der Waals surface area contributed by atoms with Crippen LogP contribution in [0.4, 0.5) is 4.79 Å². The van der Waals surface area contributed by atoms with Gasteiger partial charge in [0.25, 0.3) is 0 Å². The Morgan fingerprint density at radius 1 is 1.39 bits per heavy atom. The molecule has 0 radical (unpaired) electrons. The molecule has 23 heavy (non-hydrogen) atoms. The number of alkyl carbamates (subject to hydrolysis) is 1. The summed E-state index contributed by atoms with van der Waals surface area (Å²) in [6.07, 6.45) is -0.650. The van der Waals surface area contributed by atoms with Crippen molar-refractivity contribution in [3.05, 3.63) is 0 Å². The third-order valence-corrected chi connectivity index (χ3v) is 3.23. The molecule has 1 saturated heterocycles. The number of likely N-dealkylation sites (tertiary alicyclic amines) is 1. The van der Waals surface area contributed by atoms with Gasteiger partial charge in [0, 0.05) is 13.1 Å². The fraction of sp³-hybridized carbons (Fsp3) is 0.714. The molecule has 3 N–H and O–H groups in total. The van der Waals surface area contributed by atoms with Crippen LogP contribution < -0.4 is 10.6 Å². The minimum Gasteiger partial charge on any atom is -0.479 e. The van der Waals surface area contributed by atoms with Crippen molar-refractivity contribution in [2.75, 3.05) is 26.2 Å². The van der Waals surface area contributed by atoms with Crippen molar-refractivity contribution in [3.8, 4) is 6.07 Å². The molecule has 0 aromatic heterocycles. The Morgan fingerprint density at radius 2 is 2.04 bits per heavy atom. The molecule has 0 aromatic rings. The summed E-state index contributed by atoms with van der Waals surface area (Å²) in [6, 6.07) is 1.79. The van der Waals surface area contributed by atoms with E-state index in [9.17, 15) is 19.5 Å². The van der Waals surface area contributed by atoms with Crippen molar-refractivity contribution in [1.29, 1.82) is 5.26 Å². The quantitative estimate of drug-likeness (QED) is 0.590. The molecule has 1 heterocycles. The molecule has 1 unspecified atom stereocenters. The number of carbonyl (C=O) groups is 3. The molecule has 0 aliphatic carbocycles. The van der Waals surface area contributed by atoms with Crippen molar-refractivity contribution in [2.24, 2.45) is 0 Å². The number of hydrogen-bond donors (Lipinski definition) is 3. The SMILES string of the molecule is CC(C)(C)OC(=O)NC1(C(=O)O)CCN(CC(=O)NCC#N)C1. The highest BCUT2D eigenvalue weighted by molar-refractivity contribution is 5.85. The summed E-state index contributed by atoms with van der Waals surface area (Å²) in [7, 11) is 0. The predicted molar refractivity (Wildman–Crippen MR) is 79.4 cm³/mol. The molecule has 9 heteroatoms. The zero-order valence-electron chi connectivity index (χ0n) is 13.5. The lowest BCUT2D eigenvalue weighted by atomic mass is 9.99. The lowest BCUT2D eigenvalue weighted by Crippen LogP contribution is -2.57. The molecule has 1 aliphatic heterocycles. The summed E-state index contributed by atoms with van der Waals surface area (Å²) in [5.74, 6) is -1.55. The van der Waals surface area contributed by atoms with Gasteiger partial charge in [0.05, 0.1) is 12.6 Å². The standard InChI is InChI=1S/C14H22N4O5/c1-13(2,3)23-12(22)17-14(11(20)21)4-7-18(9-14)8-10(19)16-6-5-15/h4,6-9H2,1-3H3,(H,16,19)(H,17,22)(H,20,21). The molecule has 0 aromatic carbocycles. The van der Waals surface area contributed by atoms with E-state index >= 15 is 0 Å². The van der Waals surface area contributed by atoms with Crippen molar-refractivity contribution >= 4 is 18.0 Å². The summed E-state index contributed by atoms with van der Waals surface area (Å²) in [5.41, 5.74) is -2.23. The van der Waals surface area contributed by atoms with E-state index in [0.717, 1.165) is 0 Å². The monoisotopic (exact) mass is 326 g/mol. The molecule has 2 amide bonds. The highest BCUT2D eigenvalue weighted by Crippen LogP contribution is 2.22. The van der Waals surface area contributed by atoms with Crippen LogP contribution >= 0.6 is 0 Å². The number of carbonyl (C=O) groups excluding carboxylic acids is 2. The number of aliphatic carboxylic acids is 1. The largest absolute Gasteiger partial charge is 0.479 e. The maximum absolute atomic E-state index is 11.9. The zero-order valence-corrected chi connectivity index (χ0v) is 13.5. The number of amides is 2. The van der Waals surface area contributed by atoms with Gasteiger partial charge in [-0.3, -0.25) is 9.69 Å². The van der Waals surface area contributed by atoms with Gasteiger partial charge in [-0.1, -0.05) is 0 Å². The molecular weight excluding hydrogens is 304 g/mol. The van der Waals surface area contributed by atoms with Crippen molar-refractivity contribution in [2.45, 2.75) is 38.3 Å². The minimum absolute atomic E-state index is 0.0124. The average molecular weight is 326 g/mol. The average Bonchev–Trinajstić information content (AvgIpc) is 2.78.